The van der Waals surface area contributed by atoms with Crippen molar-refractivity contribution in [3.63, 3.8) is 0 Å². The van der Waals surface area contributed by atoms with Crippen LogP contribution in [0.1, 0.15) is 37.7 Å². The molecule has 1 aromatic rings. The van der Waals surface area contributed by atoms with Crippen LogP contribution >= 0.6 is 0 Å². The second-order valence-corrected chi connectivity index (χ2v) is 5.83. The van der Waals surface area contributed by atoms with Gasteiger partial charge in [-0.2, -0.15) is 0 Å². The van der Waals surface area contributed by atoms with Crippen LogP contribution in [-0.2, 0) is 11.2 Å². The Hall–Kier alpha value is -1.76. The number of hydrogen-bond acceptors (Lipinski definition) is 3. The zero-order chi connectivity index (χ0) is 16.9. The van der Waals surface area contributed by atoms with E-state index in [4.69, 9.17) is 5.73 Å². The Bertz CT molecular complexity index is 526. The lowest BCUT2D eigenvalue weighted by molar-refractivity contribution is -0.274. The van der Waals surface area contributed by atoms with Crippen molar-refractivity contribution in [3.05, 3.63) is 29.8 Å². The number of alkyl halides is 3. The highest BCUT2D eigenvalue weighted by Gasteiger charge is 2.32. The van der Waals surface area contributed by atoms with E-state index in [0.29, 0.717) is 5.56 Å². The molecule has 23 heavy (non-hydrogen) atoms. The lowest BCUT2D eigenvalue weighted by atomic mass is 9.91. The van der Waals surface area contributed by atoms with Crippen LogP contribution in [-0.4, -0.2) is 24.4 Å². The maximum absolute atomic E-state index is 12.3. The molecule has 4 nitrogen and oxygen atoms in total. The molecule has 0 bridgehead atoms. The molecule has 2 rings (SSSR count). The first-order valence-corrected chi connectivity index (χ1v) is 7.72. The van der Waals surface area contributed by atoms with E-state index in [2.05, 4.69) is 10.1 Å². The van der Waals surface area contributed by atoms with Crippen molar-refractivity contribution < 1.29 is 22.7 Å². The van der Waals surface area contributed by atoms with Crippen LogP contribution < -0.4 is 15.8 Å². The van der Waals surface area contributed by atoms with Crippen molar-refractivity contribution in [2.75, 3.05) is 0 Å². The van der Waals surface area contributed by atoms with Crippen molar-refractivity contribution in [2.24, 2.45) is 5.73 Å². The number of benzene rings is 1. The molecule has 3 N–H and O–H groups in total. The van der Waals surface area contributed by atoms with Gasteiger partial charge in [0.05, 0.1) is 0 Å². The van der Waals surface area contributed by atoms with Gasteiger partial charge in [-0.25, -0.2) is 0 Å². The summed E-state index contributed by atoms with van der Waals surface area (Å²) < 4.78 is 41.0. The van der Waals surface area contributed by atoms with E-state index in [0.717, 1.165) is 25.7 Å². The molecule has 1 amide bonds. The molecule has 128 valence electrons. The number of amides is 1. The largest absolute Gasteiger partial charge is 0.573 e. The zero-order valence-electron chi connectivity index (χ0n) is 12.7. The van der Waals surface area contributed by atoms with E-state index in [9.17, 15) is 18.0 Å². The Morgan fingerprint density at radius 1 is 1.22 bits per heavy atom. The fourth-order valence-corrected chi connectivity index (χ4v) is 2.75. The van der Waals surface area contributed by atoms with Gasteiger partial charge in [0.25, 0.3) is 0 Å². The van der Waals surface area contributed by atoms with Crippen molar-refractivity contribution in [1.29, 1.82) is 0 Å². The van der Waals surface area contributed by atoms with Gasteiger partial charge in [-0.1, -0.05) is 18.2 Å². The Morgan fingerprint density at radius 3 is 2.52 bits per heavy atom. The van der Waals surface area contributed by atoms with Crippen LogP contribution in [0.15, 0.2) is 24.3 Å². The van der Waals surface area contributed by atoms with Gasteiger partial charge in [-0.3, -0.25) is 4.79 Å². The molecule has 1 saturated carbocycles. The molecule has 0 atom stereocenters. The summed E-state index contributed by atoms with van der Waals surface area (Å²) in [5.74, 6) is -0.413. The van der Waals surface area contributed by atoms with Gasteiger partial charge < -0.3 is 15.8 Å². The minimum atomic E-state index is -4.74. The topological polar surface area (TPSA) is 64.3 Å². The van der Waals surface area contributed by atoms with E-state index >= 15 is 0 Å². The summed E-state index contributed by atoms with van der Waals surface area (Å²) in [5, 5.41) is 2.92. The number of nitrogens with one attached hydrogen (secondary N) is 1. The quantitative estimate of drug-likeness (QED) is 0.872. The molecular formula is C16H21F3N2O2. The Morgan fingerprint density at radius 2 is 1.87 bits per heavy atom. The highest BCUT2D eigenvalue weighted by Crippen LogP contribution is 2.27. The van der Waals surface area contributed by atoms with Gasteiger partial charge in [0.1, 0.15) is 5.75 Å². The first-order valence-electron chi connectivity index (χ1n) is 7.72. The highest BCUT2D eigenvalue weighted by atomic mass is 19.4. The predicted octanol–water partition coefficient (Wildman–Crippen LogP) is 2.90. The molecule has 1 aliphatic rings. The molecule has 0 aromatic heterocycles. The number of nitrogens with two attached hydrogens (primary N) is 1. The highest BCUT2D eigenvalue weighted by molar-refractivity contribution is 5.76. The van der Waals surface area contributed by atoms with Crippen molar-refractivity contribution in [1.82, 2.24) is 5.32 Å². The van der Waals surface area contributed by atoms with Gasteiger partial charge in [0.2, 0.25) is 5.91 Å². The Labute approximate surface area is 133 Å². The first kappa shape index (κ1) is 17.6. The second kappa shape index (κ2) is 7.68. The van der Waals surface area contributed by atoms with Crippen LogP contribution in [0.25, 0.3) is 0 Å². The summed E-state index contributed by atoms with van der Waals surface area (Å²) in [5.41, 5.74) is 6.18. The van der Waals surface area contributed by atoms with Gasteiger partial charge in [-0.15, -0.1) is 13.2 Å². The van der Waals surface area contributed by atoms with Crippen LogP contribution in [0, 0.1) is 0 Å². The molecule has 0 heterocycles. The van der Waals surface area contributed by atoms with Crippen LogP contribution in [0.4, 0.5) is 13.2 Å². The summed E-state index contributed by atoms with van der Waals surface area (Å²) in [6, 6.07) is 6.20. The van der Waals surface area contributed by atoms with Crippen molar-refractivity contribution >= 4 is 5.91 Å². The Balaban J connectivity index is 1.84. The third-order valence-corrected chi connectivity index (χ3v) is 3.96. The number of rotatable bonds is 5. The van der Waals surface area contributed by atoms with Crippen molar-refractivity contribution in [2.45, 2.75) is 57.0 Å². The molecule has 1 aromatic carbocycles. The van der Waals surface area contributed by atoms with E-state index in [-0.39, 0.29) is 36.6 Å². The summed E-state index contributed by atoms with van der Waals surface area (Å²) in [4.78, 5) is 12.0. The number of aryl methyl sites for hydroxylation is 1. The van der Waals surface area contributed by atoms with E-state index in [1.165, 1.54) is 18.2 Å². The summed E-state index contributed by atoms with van der Waals surface area (Å²) >= 11 is 0. The number of ether oxygens (including phenoxy) is 1. The minimum Gasteiger partial charge on any atom is -0.406 e. The standard InChI is InChI=1S/C16H21F3N2O2/c17-16(18,19)23-14-4-2-1-3-11(14)5-10-15(22)21-13-8-6-12(20)7-9-13/h1-4,12-13H,5-10,20H2,(H,21,22). The monoisotopic (exact) mass is 330 g/mol. The molecule has 0 spiro atoms. The zero-order valence-corrected chi connectivity index (χ0v) is 12.7. The van der Waals surface area contributed by atoms with Gasteiger partial charge in [0, 0.05) is 18.5 Å². The third kappa shape index (κ3) is 6.09. The maximum atomic E-state index is 12.3. The molecule has 0 radical (unpaired) electrons. The average Bonchev–Trinajstić information content (AvgIpc) is 2.47. The molecular weight excluding hydrogens is 309 g/mol. The number of carbonyl (C=O) groups excluding carboxylic acids is 1. The van der Waals surface area contributed by atoms with Crippen molar-refractivity contribution in [3.8, 4) is 5.75 Å². The fourth-order valence-electron chi connectivity index (χ4n) is 2.75. The minimum absolute atomic E-state index is 0.115. The Kier molecular flexibility index (Phi) is 5.87. The molecule has 0 saturated heterocycles. The molecule has 0 aliphatic heterocycles. The lowest BCUT2D eigenvalue weighted by Crippen LogP contribution is -2.40. The summed E-state index contributed by atoms with van der Waals surface area (Å²) in [6.45, 7) is 0. The summed E-state index contributed by atoms with van der Waals surface area (Å²) in [6.07, 6.45) is -0.952. The van der Waals surface area contributed by atoms with Crippen LogP contribution in [0.2, 0.25) is 0 Å². The summed E-state index contributed by atoms with van der Waals surface area (Å²) in [7, 11) is 0. The average molecular weight is 330 g/mol. The van der Waals surface area contributed by atoms with Gasteiger partial charge in [-0.05, 0) is 43.7 Å². The second-order valence-electron chi connectivity index (χ2n) is 5.83. The van der Waals surface area contributed by atoms with Gasteiger partial charge in [0.15, 0.2) is 0 Å². The maximum Gasteiger partial charge on any atom is 0.573 e. The fraction of sp³-hybridized carbons (Fsp3) is 0.562. The predicted molar refractivity (Wildman–Crippen MR) is 79.8 cm³/mol. The number of halogens is 3. The third-order valence-electron chi connectivity index (χ3n) is 3.96. The molecule has 7 heteroatoms. The molecule has 0 unspecified atom stereocenters. The smallest absolute Gasteiger partial charge is 0.406 e. The normalized spacial score (nSPS) is 21.7. The molecule has 1 aliphatic carbocycles. The first-order chi connectivity index (χ1) is 10.8. The number of hydrogen-bond donors (Lipinski definition) is 2. The SMILES string of the molecule is NC1CCC(NC(=O)CCc2ccccc2OC(F)(F)F)CC1. The van der Waals surface area contributed by atoms with Gasteiger partial charge >= 0.3 is 6.36 Å². The van der Waals surface area contributed by atoms with Crippen LogP contribution in [0.3, 0.4) is 0 Å². The lowest BCUT2D eigenvalue weighted by Gasteiger charge is -2.26. The molecule has 1 fully saturated rings. The number of para-hydroxylation sites is 1. The van der Waals surface area contributed by atoms with E-state index < -0.39 is 6.36 Å². The number of carbonyl (C=O) groups is 1. The van der Waals surface area contributed by atoms with E-state index in [1.54, 1.807) is 6.07 Å². The van der Waals surface area contributed by atoms with E-state index in [1.807, 2.05) is 0 Å². The van der Waals surface area contributed by atoms with Crippen LogP contribution in [0.5, 0.6) is 5.75 Å².